The number of hydrogen-bond donors (Lipinski definition) is 1. The molecule has 0 radical (unpaired) electrons. The summed E-state index contributed by atoms with van der Waals surface area (Å²) in [5.74, 6) is 2.60. The maximum absolute atomic E-state index is 6.31. The summed E-state index contributed by atoms with van der Waals surface area (Å²) in [6.07, 6.45) is 9.40. The Bertz CT molecular complexity index is 157. The van der Waals surface area contributed by atoms with Crippen molar-refractivity contribution in [1.82, 2.24) is 0 Å². The van der Waals surface area contributed by atoms with E-state index in [0.29, 0.717) is 6.04 Å². The molecule has 3 unspecified atom stereocenters. The van der Waals surface area contributed by atoms with Crippen LogP contribution in [0, 0.1) is 17.8 Å². The maximum Gasteiger partial charge on any atom is 0.00673 e. The number of hydrogen-bond acceptors (Lipinski definition) is 1. The van der Waals surface area contributed by atoms with Gasteiger partial charge in [-0.3, -0.25) is 0 Å². The molecule has 1 heteroatoms. The Morgan fingerprint density at radius 2 is 1.67 bits per heavy atom. The fraction of sp³-hybridized carbons (Fsp3) is 1.00. The Morgan fingerprint density at radius 3 is 2.20 bits per heavy atom. The molecule has 0 heterocycles. The molecule has 15 heavy (non-hydrogen) atoms. The van der Waals surface area contributed by atoms with Crippen molar-refractivity contribution in [1.29, 1.82) is 0 Å². The zero-order valence-electron chi connectivity index (χ0n) is 10.8. The molecule has 1 fully saturated rings. The molecule has 0 aliphatic heterocycles. The van der Waals surface area contributed by atoms with Crippen LogP contribution >= 0.6 is 0 Å². The van der Waals surface area contributed by atoms with E-state index in [1.165, 1.54) is 44.9 Å². The molecule has 1 saturated carbocycles. The third-order valence-electron chi connectivity index (χ3n) is 3.96. The lowest BCUT2D eigenvalue weighted by Gasteiger charge is -2.35. The number of unbranched alkanes of at least 4 members (excludes halogenated alkanes) is 2. The minimum atomic E-state index is 0.474. The SMILES string of the molecule is CCCCCC(N)C1CC(C)CC(C)C1. The van der Waals surface area contributed by atoms with Gasteiger partial charge >= 0.3 is 0 Å². The van der Waals surface area contributed by atoms with Crippen LogP contribution in [0.2, 0.25) is 0 Å². The highest BCUT2D eigenvalue weighted by Gasteiger charge is 2.27. The summed E-state index contributed by atoms with van der Waals surface area (Å²) in [6, 6.07) is 0.474. The first-order chi connectivity index (χ1) is 7.13. The number of nitrogens with two attached hydrogens (primary N) is 1. The van der Waals surface area contributed by atoms with Crippen molar-refractivity contribution in [3.63, 3.8) is 0 Å². The first kappa shape index (κ1) is 13.0. The second kappa shape index (κ2) is 6.52. The largest absolute Gasteiger partial charge is 0.327 e. The summed E-state index contributed by atoms with van der Waals surface area (Å²) < 4.78 is 0. The van der Waals surface area contributed by atoms with Gasteiger partial charge in [-0.25, -0.2) is 0 Å². The molecule has 90 valence electrons. The van der Waals surface area contributed by atoms with Gasteiger partial charge in [0.2, 0.25) is 0 Å². The van der Waals surface area contributed by atoms with E-state index in [1.807, 2.05) is 0 Å². The fourth-order valence-corrected chi connectivity index (χ4v) is 3.22. The summed E-state index contributed by atoms with van der Waals surface area (Å²) in [5, 5.41) is 0. The van der Waals surface area contributed by atoms with Gasteiger partial charge < -0.3 is 5.73 Å². The van der Waals surface area contributed by atoms with Crippen molar-refractivity contribution in [2.45, 2.75) is 71.8 Å². The van der Waals surface area contributed by atoms with E-state index in [1.54, 1.807) is 0 Å². The van der Waals surface area contributed by atoms with Crippen molar-refractivity contribution < 1.29 is 0 Å². The highest BCUT2D eigenvalue weighted by atomic mass is 14.7. The molecule has 0 amide bonds. The molecule has 0 aromatic heterocycles. The van der Waals surface area contributed by atoms with Crippen molar-refractivity contribution in [3.05, 3.63) is 0 Å². The molecule has 0 saturated heterocycles. The molecular weight excluding hydrogens is 182 g/mol. The van der Waals surface area contributed by atoms with Crippen molar-refractivity contribution in [3.8, 4) is 0 Å². The van der Waals surface area contributed by atoms with E-state index < -0.39 is 0 Å². The molecule has 0 aromatic rings. The molecule has 1 rings (SSSR count). The third-order valence-corrected chi connectivity index (χ3v) is 3.96. The number of rotatable bonds is 5. The predicted molar refractivity (Wildman–Crippen MR) is 67.8 cm³/mol. The lowest BCUT2D eigenvalue weighted by atomic mass is 9.73. The molecule has 0 aromatic carbocycles. The minimum Gasteiger partial charge on any atom is -0.327 e. The van der Waals surface area contributed by atoms with E-state index in [9.17, 15) is 0 Å². The Hall–Kier alpha value is -0.0400. The summed E-state index contributed by atoms with van der Waals surface area (Å²) in [7, 11) is 0. The Kier molecular flexibility index (Phi) is 5.66. The van der Waals surface area contributed by atoms with Gasteiger partial charge in [0, 0.05) is 6.04 Å². The van der Waals surface area contributed by atoms with Gasteiger partial charge in [-0.05, 0) is 43.4 Å². The van der Waals surface area contributed by atoms with E-state index >= 15 is 0 Å². The van der Waals surface area contributed by atoms with Crippen LogP contribution in [0.1, 0.15) is 65.7 Å². The average molecular weight is 211 g/mol. The van der Waals surface area contributed by atoms with Gasteiger partial charge in [-0.15, -0.1) is 0 Å². The fourth-order valence-electron chi connectivity index (χ4n) is 3.22. The molecule has 1 aliphatic carbocycles. The van der Waals surface area contributed by atoms with Gasteiger partial charge in [-0.2, -0.15) is 0 Å². The monoisotopic (exact) mass is 211 g/mol. The van der Waals surface area contributed by atoms with Crippen molar-refractivity contribution in [2.24, 2.45) is 23.5 Å². The predicted octanol–water partition coefficient (Wildman–Crippen LogP) is 3.97. The molecule has 0 bridgehead atoms. The van der Waals surface area contributed by atoms with Crippen LogP contribution in [-0.2, 0) is 0 Å². The van der Waals surface area contributed by atoms with Gasteiger partial charge in [0.05, 0.1) is 0 Å². The zero-order chi connectivity index (χ0) is 11.3. The summed E-state index contributed by atoms with van der Waals surface area (Å²) in [4.78, 5) is 0. The van der Waals surface area contributed by atoms with Crippen molar-refractivity contribution in [2.75, 3.05) is 0 Å². The zero-order valence-corrected chi connectivity index (χ0v) is 10.8. The molecular formula is C14H29N. The van der Waals surface area contributed by atoms with Gasteiger partial charge in [0.1, 0.15) is 0 Å². The third kappa shape index (κ3) is 4.55. The highest BCUT2D eigenvalue weighted by Crippen LogP contribution is 2.35. The van der Waals surface area contributed by atoms with Gasteiger partial charge in [-0.1, -0.05) is 40.0 Å². The first-order valence-electron chi connectivity index (χ1n) is 6.89. The van der Waals surface area contributed by atoms with Crippen molar-refractivity contribution >= 4 is 0 Å². The summed E-state index contributed by atoms with van der Waals surface area (Å²) in [5.41, 5.74) is 6.31. The Morgan fingerprint density at radius 1 is 1.07 bits per heavy atom. The average Bonchev–Trinajstić information content (AvgIpc) is 2.16. The topological polar surface area (TPSA) is 26.0 Å². The smallest absolute Gasteiger partial charge is 0.00673 e. The minimum absolute atomic E-state index is 0.474. The Balaban J connectivity index is 2.28. The highest BCUT2D eigenvalue weighted by molar-refractivity contribution is 4.81. The van der Waals surface area contributed by atoms with E-state index in [-0.39, 0.29) is 0 Å². The van der Waals surface area contributed by atoms with E-state index in [0.717, 1.165) is 17.8 Å². The van der Waals surface area contributed by atoms with Gasteiger partial charge in [0.15, 0.2) is 0 Å². The molecule has 3 atom stereocenters. The molecule has 1 aliphatic rings. The Labute approximate surface area is 95.8 Å². The van der Waals surface area contributed by atoms with Crippen LogP contribution in [0.15, 0.2) is 0 Å². The lowest BCUT2D eigenvalue weighted by molar-refractivity contribution is 0.187. The van der Waals surface area contributed by atoms with Crippen LogP contribution in [0.25, 0.3) is 0 Å². The van der Waals surface area contributed by atoms with Crippen LogP contribution in [-0.4, -0.2) is 6.04 Å². The molecule has 0 spiro atoms. The normalized spacial score (nSPS) is 34.0. The van der Waals surface area contributed by atoms with Crippen LogP contribution in [0.3, 0.4) is 0 Å². The molecule has 1 nitrogen and oxygen atoms in total. The lowest BCUT2D eigenvalue weighted by Crippen LogP contribution is -2.35. The van der Waals surface area contributed by atoms with Crippen LogP contribution in [0.5, 0.6) is 0 Å². The first-order valence-corrected chi connectivity index (χ1v) is 6.89. The standard InChI is InChI=1S/C14H29N/c1-4-5-6-7-14(15)13-9-11(2)8-12(3)10-13/h11-14H,4-10,15H2,1-3H3. The second-order valence-corrected chi connectivity index (χ2v) is 5.84. The maximum atomic E-state index is 6.31. The summed E-state index contributed by atoms with van der Waals surface area (Å²) in [6.45, 7) is 7.04. The van der Waals surface area contributed by atoms with E-state index in [2.05, 4.69) is 20.8 Å². The summed E-state index contributed by atoms with van der Waals surface area (Å²) >= 11 is 0. The quantitative estimate of drug-likeness (QED) is 0.684. The van der Waals surface area contributed by atoms with E-state index in [4.69, 9.17) is 5.73 Å². The second-order valence-electron chi connectivity index (χ2n) is 5.84. The van der Waals surface area contributed by atoms with Crippen LogP contribution < -0.4 is 5.73 Å². The van der Waals surface area contributed by atoms with Crippen LogP contribution in [0.4, 0.5) is 0 Å². The van der Waals surface area contributed by atoms with Gasteiger partial charge in [0.25, 0.3) is 0 Å². The molecule has 2 N–H and O–H groups in total.